The van der Waals surface area contributed by atoms with Crippen molar-refractivity contribution in [1.82, 2.24) is 15.5 Å². The van der Waals surface area contributed by atoms with Gasteiger partial charge < -0.3 is 25.0 Å². The molecule has 0 atom stereocenters. The molecule has 3 amide bonds. The summed E-state index contributed by atoms with van der Waals surface area (Å²) in [5, 5.41) is 6.02. The maximum atomic E-state index is 13.1. The zero-order valence-electron chi connectivity index (χ0n) is 17.5. The largest absolute Gasteiger partial charge is 0.493 e. The number of hydrogen-bond acceptors (Lipinski definition) is 5. The van der Waals surface area contributed by atoms with Gasteiger partial charge in [-0.25, -0.2) is 0 Å². The number of nitrogens with one attached hydrogen (secondary N) is 2. The number of carbonyl (C=O) groups excluding carboxylic acids is 3. The quantitative estimate of drug-likeness (QED) is 0.683. The second-order valence-corrected chi connectivity index (χ2v) is 8.03. The average Bonchev–Trinajstić information content (AvgIpc) is 3.26. The van der Waals surface area contributed by atoms with Crippen molar-refractivity contribution < 1.29 is 23.9 Å². The minimum absolute atomic E-state index is 0.0768. The standard InChI is InChI=1S/C23H24ClN3O5/c24-17-3-5-20-18(13-17)22(29)26-7-1-9-27(14-21(28)25-8-11-32-20)23(30)16-2-4-19-15(12-16)6-10-31-19/h2-5,12-13H,1,6-11,14H2,(H,25,28)(H,26,29). The third kappa shape index (κ3) is 5.13. The number of rotatable bonds is 1. The molecule has 9 heteroatoms. The molecule has 0 bridgehead atoms. The minimum atomic E-state index is -0.305. The molecular weight excluding hydrogens is 434 g/mol. The van der Waals surface area contributed by atoms with E-state index in [9.17, 15) is 14.4 Å². The molecule has 2 aromatic rings. The first-order chi connectivity index (χ1) is 15.5. The van der Waals surface area contributed by atoms with E-state index in [0.29, 0.717) is 48.0 Å². The maximum Gasteiger partial charge on any atom is 0.255 e. The van der Waals surface area contributed by atoms with Crippen LogP contribution in [0.15, 0.2) is 36.4 Å². The Morgan fingerprint density at radius 1 is 0.969 bits per heavy atom. The highest BCUT2D eigenvalue weighted by atomic mass is 35.5. The molecule has 4 rings (SSSR count). The Kier molecular flexibility index (Phi) is 6.80. The van der Waals surface area contributed by atoms with Gasteiger partial charge in [0, 0.05) is 30.1 Å². The zero-order chi connectivity index (χ0) is 22.5. The molecular formula is C23H24ClN3O5. The highest BCUT2D eigenvalue weighted by molar-refractivity contribution is 6.31. The van der Waals surface area contributed by atoms with Gasteiger partial charge in [-0.1, -0.05) is 11.6 Å². The van der Waals surface area contributed by atoms with Crippen LogP contribution >= 0.6 is 11.6 Å². The van der Waals surface area contributed by atoms with Crippen molar-refractivity contribution in [3.8, 4) is 11.5 Å². The van der Waals surface area contributed by atoms with Crippen molar-refractivity contribution in [2.24, 2.45) is 0 Å². The van der Waals surface area contributed by atoms with Gasteiger partial charge in [-0.05, 0) is 48.4 Å². The number of halogens is 1. The van der Waals surface area contributed by atoms with Crippen molar-refractivity contribution in [3.05, 3.63) is 58.1 Å². The predicted octanol–water partition coefficient (Wildman–Crippen LogP) is 2.05. The predicted molar refractivity (Wildman–Crippen MR) is 118 cm³/mol. The van der Waals surface area contributed by atoms with E-state index in [1.54, 1.807) is 30.3 Å². The lowest BCUT2D eigenvalue weighted by Crippen LogP contribution is -2.43. The van der Waals surface area contributed by atoms with Crippen LogP contribution in [-0.4, -0.2) is 62.0 Å². The number of carbonyl (C=O) groups is 3. The van der Waals surface area contributed by atoms with Crippen molar-refractivity contribution >= 4 is 29.3 Å². The van der Waals surface area contributed by atoms with Gasteiger partial charge in [0.25, 0.3) is 11.8 Å². The normalized spacial score (nSPS) is 17.1. The number of fused-ring (bicyclic) bond motifs is 2. The second-order valence-electron chi connectivity index (χ2n) is 7.60. The molecule has 0 unspecified atom stereocenters. The Hall–Kier alpha value is -3.26. The molecule has 2 heterocycles. The third-order valence-electron chi connectivity index (χ3n) is 5.32. The first-order valence-corrected chi connectivity index (χ1v) is 10.9. The summed E-state index contributed by atoms with van der Waals surface area (Å²) in [7, 11) is 0. The lowest BCUT2D eigenvalue weighted by Gasteiger charge is -2.23. The molecule has 0 saturated carbocycles. The van der Waals surface area contributed by atoms with Crippen molar-refractivity contribution in [1.29, 1.82) is 0 Å². The van der Waals surface area contributed by atoms with Crippen molar-refractivity contribution in [2.75, 3.05) is 39.4 Å². The molecule has 32 heavy (non-hydrogen) atoms. The Bertz CT molecular complexity index is 1040. The molecule has 0 fully saturated rings. The van der Waals surface area contributed by atoms with Gasteiger partial charge in [0.2, 0.25) is 5.91 Å². The first kappa shape index (κ1) is 22.0. The highest BCUT2D eigenvalue weighted by Crippen LogP contribution is 2.26. The number of amides is 3. The van der Waals surface area contributed by atoms with Crippen LogP contribution in [0.4, 0.5) is 0 Å². The average molecular weight is 458 g/mol. The third-order valence-corrected chi connectivity index (χ3v) is 5.55. The fourth-order valence-corrected chi connectivity index (χ4v) is 3.88. The van der Waals surface area contributed by atoms with Crippen LogP contribution in [0, 0.1) is 0 Å². The summed E-state index contributed by atoms with van der Waals surface area (Å²) in [5.41, 5.74) is 1.83. The fraction of sp³-hybridized carbons (Fsp3) is 0.348. The van der Waals surface area contributed by atoms with E-state index in [2.05, 4.69) is 10.6 Å². The van der Waals surface area contributed by atoms with Gasteiger partial charge in [0.1, 0.15) is 18.1 Å². The summed E-state index contributed by atoms with van der Waals surface area (Å²) in [6.07, 6.45) is 1.24. The van der Waals surface area contributed by atoms with Gasteiger partial charge >= 0.3 is 0 Å². The van der Waals surface area contributed by atoms with E-state index in [1.807, 2.05) is 6.07 Å². The Balaban J connectivity index is 1.48. The van der Waals surface area contributed by atoms with Gasteiger partial charge in [0.05, 0.1) is 25.3 Å². The van der Waals surface area contributed by atoms with Crippen molar-refractivity contribution in [2.45, 2.75) is 12.8 Å². The first-order valence-electron chi connectivity index (χ1n) is 10.5. The van der Waals surface area contributed by atoms with Gasteiger partial charge in [0.15, 0.2) is 0 Å². The molecule has 168 valence electrons. The molecule has 2 aliphatic heterocycles. The van der Waals surface area contributed by atoms with Gasteiger partial charge in [-0.2, -0.15) is 0 Å². The van der Waals surface area contributed by atoms with Crippen LogP contribution in [0.5, 0.6) is 11.5 Å². The molecule has 0 aliphatic carbocycles. The summed E-state index contributed by atoms with van der Waals surface area (Å²) in [4.78, 5) is 39.7. The summed E-state index contributed by atoms with van der Waals surface area (Å²) < 4.78 is 11.2. The fourth-order valence-electron chi connectivity index (χ4n) is 3.71. The monoisotopic (exact) mass is 457 g/mol. The number of nitrogens with zero attached hydrogens (tertiary/aromatic N) is 1. The zero-order valence-corrected chi connectivity index (χ0v) is 18.2. The minimum Gasteiger partial charge on any atom is -0.493 e. The van der Waals surface area contributed by atoms with Crippen LogP contribution in [-0.2, 0) is 11.2 Å². The van der Waals surface area contributed by atoms with Crippen LogP contribution in [0.2, 0.25) is 5.02 Å². The second kappa shape index (κ2) is 9.91. The van der Waals surface area contributed by atoms with Crippen molar-refractivity contribution in [3.63, 3.8) is 0 Å². The summed E-state index contributed by atoms with van der Waals surface area (Å²) in [5.74, 6) is 0.379. The van der Waals surface area contributed by atoms with Gasteiger partial charge in [-0.3, -0.25) is 14.4 Å². The van der Waals surface area contributed by atoms with Crippen LogP contribution in [0.3, 0.4) is 0 Å². The summed E-state index contributed by atoms with van der Waals surface area (Å²) in [6, 6.07) is 10.1. The summed E-state index contributed by atoms with van der Waals surface area (Å²) >= 11 is 6.04. The molecule has 2 aromatic carbocycles. The molecule has 0 radical (unpaired) electrons. The number of benzene rings is 2. The van der Waals surface area contributed by atoms with E-state index in [0.717, 1.165) is 17.7 Å². The number of ether oxygens (including phenoxy) is 2. The Labute approximate surface area is 190 Å². The summed E-state index contributed by atoms with van der Waals surface area (Å²) in [6.45, 7) is 1.59. The lowest BCUT2D eigenvalue weighted by atomic mass is 10.1. The number of hydrogen-bond donors (Lipinski definition) is 2. The molecule has 0 spiro atoms. The Morgan fingerprint density at radius 3 is 2.66 bits per heavy atom. The Morgan fingerprint density at radius 2 is 1.78 bits per heavy atom. The van der Waals surface area contributed by atoms with E-state index < -0.39 is 0 Å². The molecule has 2 N–H and O–H groups in total. The molecule has 2 aliphatic rings. The van der Waals surface area contributed by atoms with Crippen LogP contribution in [0.25, 0.3) is 0 Å². The molecule has 0 aromatic heterocycles. The molecule has 0 saturated heterocycles. The maximum absolute atomic E-state index is 13.1. The molecule has 8 nitrogen and oxygen atoms in total. The van der Waals surface area contributed by atoms with E-state index in [-0.39, 0.29) is 37.4 Å². The SMILES string of the molecule is O=C1CN(C(=O)c2ccc3c(c2)CCO3)CCCNC(=O)c2cc(Cl)ccc2OCCN1. The topological polar surface area (TPSA) is 97.0 Å². The van der Waals surface area contributed by atoms with E-state index in [4.69, 9.17) is 21.1 Å². The van der Waals surface area contributed by atoms with E-state index in [1.165, 1.54) is 4.90 Å². The smallest absolute Gasteiger partial charge is 0.255 e. The van der Waals surface area contributed by atoms with Crippen LogP contribution in [0.1, 0.15) is 32.7 Å². The highest BCUT2D eigenvalue weighted by Gasteiger charge is 2.22. The van der Waals surface area contributed by atoms with Gasteiger partial charge in [-0.15, -0.1) is 0 Å². The lowest BCUT2D eigenvalue weighted by molar-refractivity contribution is -0.121. The van der Waals surface area contributed by atoms with Crippen LogP contribution < -0.4 is 20.1 Å². The van der Waals surface area contributed by atoms with E-state index >= 15 is 0 Å².